The van der Waals surface area contributed by atoms with Crippen molar-refractivity contribution in [2.75, 3.05) is 13.1 Å². The number of carbonyl (C=O) groups excluding carboxylic acids is 1. The van der Waals surface area contributed by atoms with Crippen molar-refractivity contribution in [3.05, 3.63) is 35.4 Å². The van der Waals surface area contributed by atoms with Gasteiger partial charge in [0.2, 0.25) is 0 Å². The Balaban J connectivity index is 1.94. The van der Waals surface area contributed by atoms with E-state index >= 15 is 0 Å². The summed E-state index contributed by atoms with van der Waals surface area (Å²) >= 11 is 0. The number of amides is 2. The summed E-state index contributed by atoms with van der Waals surface area (Å²) in [5, 5.41) is 12.0. The van der Waals surface area contributed by atoms with Gasteiger partial charge in [0.05, 0.1) is 5.92 Å². The second-order valence-corrected chi connectivity index (χ2v) is 5.78. The lowest BCUT2D eigenvalue weighted by Crippen LogP contribution is -2.49. The van der Waals surface area contributed by atoms with Crippen molar-refractivity contribution >= 4 is 12.0 Å². The Hall–Kier alpha value is -2.48. The average Bonchev–Trinajstić information content (AvgIpc) is 2.52. The monoisotopic (exact) mass is 300 g/mol. The molecule has 1 aliphatic heterocycles. The van der Waals surface area contributed by atoms with Gasteiger partial charge in [-0.15, -0.1) is 6.42 Å². The highest BCUT2D eigenvalue weighted by Gasteiger charge is 2.31. The van der Waals surface area contributed by atoms with Crippen molar-refractivity contribution in [3.8, 4) is 12.3 Å². The maximum absolute atomic E-state index is 12.2. The number of nitrogens with one attached hydrogen (secondary N) is 1. The van der Waals surface area contributed by atoms with Crippen molar-refractivity contribution in [1.82, 2.24) is 10.2 Å². The van der Waals surface area contributed by atoms with Gasteiger partial charge in [-0.3, -0.25) is 4.79 Å². The maximum Gasteiger partial charge on any atom is 0.317 e. The summed E-state index contributed by atoms with van der Waals surface area (Å²) < 4.78 is 0. The van der Waals surface area contributed by atoms with Gasteiger partial charge in [0.15, 0.2) is 0 Å². The predicted molar refractivity (Wildman–Crippen MR) is 83.1 cm³/mol. The van der Waals surface area contributed by atoms with E-state index in [4.69, 9.17) is 11.5 Å². The van der Waals surface area contributed by atoms with Crippen LogP contribution in [0.4, 0.5) is 4.79 Å². The van der Waals surface area contributed by atoms with E-state index in [1.54, 1.807) is 4.90 Å². The van der Waals surface area contributed by atoms with Crippen molar-refractivity contribution < 1.29 is 14.7 Å². The zero-order chi connectivity index (χ0) is 16.1. The van der Waals surface area contributed by atoms with E-state index in [2.05, 4.69) is 11.2 Å². The van der Waals surface area contributed by atoms with Crippen LogP contribution in [0.5, 0.6) is 0 Å². The number of carboxylic acids is 1. The first-order valence-corrected chi connectivity index (χ1v) is 7.30. The molecule has 2 unspecified atom stereocenters. The van der Waals surface area contributed by atoms with E-state index in [-0.39, 0.29) is 18.5 Å². The molecular formula is C17H20N2O3. The molecule has 1 fully saturated rings. The highest BCUT2D eigenvalue weighted by molar-refractivity contribution is 5.76. The van der Waals surface area contributed by atoms with Crippen molar-refractivity contribution in [2.45, 2.75) is 19.9 Å². The molecule has 0 radical (unpaired) electrons. The van der Waals surface area contributed by atoms with Crippen LogP contribution in [0.25, 0.3) is 0 Å². The molecule has 0 spiro atoms. The molecule has 5 nitrogen and oxygen atoms in total. The molecule has 1 aliphatic rings. The molecule has 1 saturated heterocycles. The van der Waals surface area contributed by atoms with E-state index in [9.17, 15) is 9.59 Å². The van der Waals surface area contributed by atoms with Crippen LogP contribution in [0.2, 0.25) is 0 Å². The summed E-state index contributed by atoms with van der Waals surface area (Å²) in [6.45, 7) is 3.18. The summed E-state index contributed by atoms with van der Waals surface area (Å²) in [6, 6.07) is 7.18. The number of hydrogen-bond donors (Lipinski definition) is 2. The normalized spacial score (nSPS) is 21.0. The molecule has 1 aromatic carbocycles. The summed E-state index contributed by atoms with van der Waals surface area (Å²) in [4.78, 5) is 24.9. The minimum Gasteiger partial charge on any atom is -0.481 e. The molecule has 22 heavy (non-hydrogen) atoms. The fraction of sp³-hybridized carbons (Fsp3) is 0.412. The van der Waals surface area contributed by atoms with E-state index in [0.717, 1.165) is 11.1 Å². The quantitative estimate of drug-likeness (QED) is 0.838. The van der Waals surface area contributed by atoms with E-state index in [1.165, 1.54) is 0 Å². The number of urea groups is 1. The number of benzene rings is 1. The molecule has 0 aromatic heterocycles. The number of carboxylic acid groups (broad SMARTS) is 1. The van der Waals surface area contributed by atoms with Gasteiger partial charge in [-0.2, -0.15) is 0 Å². The Kier molecular flexibility index (Phi) is 5.05. The summed E-state index contributed by atoms with van der Waals surface area (Å²) in [7, 11) is 0. The van der Waals surface area contributed by atoms with E-state index in [1.807, 2.05) is 31.2 Å². The molecule has 5 heteroatoms. The SMILES string of the molecule is C#Cc1cccc(CNC(=O)N2CC(C)CC(C(=O)O)C2)c1. The second-order valence-electron chi connectivity index (χ2n) is 5.78. The average molecular weight is 300 g/mol. The molecule has 2 amide bonds. The van der Waals surface area contributed by atoms with Crippen molar-refractivity contribution in [3.63, 3.8) is 0 Å². The van der Waals surface area contributed by atoms with Crippen LogP contribution in [0.1, 0.15) is 24.5 Å². The summed E-state index contributed by atoms with van der Waals surface area (Å²) in [5.41, 5.74) is 1.69. The minimum atomic E-state index is -0.842. The molecule has 1 aromatic rings. The number of hydrogen-bond acceptors (Lipinski definition) is 2. The lowest BCUT2D eigenvalue weighted by Gasteiger charge is -2.34. The number of aliphatic carboxylic acids is 1. The first-order chi connectivity index (χ1) is 10.5. The molecule has 116 valence electrons. The zero-order valence-corrected chi connectivity index (χ0v) is 12.6. The Labute approximate surface area is 130 Å². The molecule has 0 saturated carbocycles. The number of rotatable bonds is 3. The topological polar surface area (TPSA) is 69.6 Å². The standard InChI is InChI=1S/C17H20N2O3/c1-3-13-5-4-6-14(8-13)9-18-17(22)19-10-12(2)7-15(11-19)16(20)21/h1,4-6,8,12,15H,7,9-11H2,2H3,(H,18,22)(H,20,21). The molecule has 0 aliphatic carbocycles. The predicted octanol–water partition coefficient (Wildman–Crippen LogP) is 1.92. The molecule has 2 atom stereocenters. The number of terminal acetylenes is 1. The molecule has 2 N–H and O–H groups in total. The number of carbonyl (C=O) groups is 2. The first-order valence-electron chi connectivity index (χ1n) is 7.30. The zero-order valence-electron chi connectivity index (χ0n) is 12.6. The number of nitrogens with zero attached hydrogens (tertiary/aromatic N) is 1. The first kappa shape index (κ1) is 15.9. The maximum atomic E-state index is 12.2. The number of likely N-dealkylation sites (tertiary alicyclic amines) is 1. The van der Waals surface area contributed by atoms with Crippen LogP contribution in [-0.4, -0.2) is 35.1 Å². The van der Waals surface area contributed by atoms with Gasteiger partial charge in [0.25, 0.3) is 0 Å². The van der Waals surface area contributed by atoms with Crippen LogP contribution in [-0.2, 0) is 11.3 Å². The fourth-order valence-electron chi connectivity index (χ4n) is 2.76. The lowest BCUT2D eigenvalue weighted by molar-refractivity contribution is -0.143. The molecule has 1 heterocycles. The van der Waals surface area contributed by atoms with Crippen LogP contribution < -0.4 is 5.32 Å². The third-order valence-electron chi connectivity index (χ3n) is 3.83. The Morgan fingerprint density at radius 3 is 2.91 bits per heavy atom. The number of piperidine rings is 1. The van der Waals surface area contributed by atoms with Crippen LogP contribution >= 0.6 is 0 Å². The third kappa shape index (κ3) is 4.01. The van der Waals surface area contributed by atoms with Crippen LogP contribution in [0.15, 0.2) is 24.3 Å². The molecule has 2 rings (SSSR count). The Morgan fingerprint density at radius 2 is 2.23 bits per heavy atom. The van der Waals surface area contributed by atoms with Gasteiger partial charge in [0.1, 0.15) is 0 Å². The largest absolute Gasteiger partial charge is 0.481 e. The fourth-order valence-corrected chi connectivity index (χ4v) is 2.76. The second kappa shape index (κ2) is 6.99. The van der Waals surface area contributed by atoms with Crippen molar-refractivity contribution in [1.29, 1.82) is 0 Å². The summed E-state index contributed by atoms with van der Waals surface area (Å²) in [5.74, 6) is 1.41. The lowest BCUT2D eigenvalue weighted by atomic mass is 9.91. The third-order valence-corrected chi connectivity index (χ3v) is 3.83. The highest BCUT2D eigenvalue weighted by atomic mass is 16.4. The van der Waals surface area contributed by atoms with Crippen molar-refractivity contribution in [2.24, 2.45) is 11.8 Å². The minimum absolute atomic E-state index is 0.186. The van der Waals surface area contributed by atoms with Gasteiger partial charge in [-0.25, -0.2) is 4.79 Å². The molecular weight excluding hydrogens is 280 g/mol. The van der Waals surface area contributed by atoms with Gasteiger partial charge in [-0.05, 0) is 30.0 Å². The van der Waals surface area contributed by atoms with Gasteiger partial charge in [0, 0.05) is 25.2 Å². The Bertz CT molecular complexity index is 606. The van der Waals surface area contributed by atoms with Gasteiger partial charge < -0.3 is 15.3 Å². The molecule has 0 bridgehead atoms. The smallest absolute Gasteiger partial charge is 0.317 e. The van der Waals surface area contributed by atoms with Gasteiger partial charge >= 0.3 is 12.0 Å². The van der Waals surface area contributed by atoms with Crippen LogP contribution in [0, 0.1) is 24.2 Å². The van der Waals surface area contributed by atoms with Gasteiger partial charge in [-0.1, -0.05) is 25.0 Å². The van der Waals surface area contributed by atoms with Crippen LogP contribution in [0.3, 0.4) is 0 Å². The van der Waals surface area contributed by atoms with E-state index in [0.29, 0.717) is 19.5 Å². The van der Waals surface area contributed by atoms with E-state index < -0.39 is 11.9 Å². The highest BCUT2D eigenvalue weighted by Crippen LogP contribution is 2.21. The Morgan fingerprint density at radius 1 is 1.45 bits per heavy atom. The summed E-state index contributed by atoms with van der Waals surface area (Å²) in [6.07, 6.45) is 5.96.